The van der Waals surface area contributed by atoms with Crippen molar-refractivity contribution in [3.63, 3.8) is 0 Å². The number of aromatic nitrogens is 1. The van der Waals surface area contributed by atoms with E-state index in [0.29, 0.717) is 48.3 Å². The molecule has 1 saturated carbocycles. The minimum atomic E-state index is -4.92. The first-order valence-corrected chi connectivity index (χ1v) is 19.9. The van der Waals surface area contributed by atoms with E-state index in [4.69, 9.17) is 9.47 Å². The Kier molecular flexibility index (Phi) is 11.7. The van der Waals surface area contributed by atoms with Crippen molar-refractivity contribution in [2.75, 3.05) is 19.6 Å². The number of halogens is 6. The summed E-state index contributed by atoms with van der Waals surface area (Å²) < 4.78 is 96.4. The lowest BCUT2D eigenvalue weighted by Crippen LogP contribution is -2.68. The van der Waals surface area contributed by atoms with Gasteiger partial charge in [-0.05, 0) is 70.1 Å². The number of ether oxygens (including phenoxy) is 2. The standard InChI is InChI=1S/C41H44F6N4O5S/c1-4-9-32-39(56-28-22-33(57-24-28)41(45,46)47,14-8-19-51(32)35(53)34-30(40(42,43)44)11-7-18-49-34)36(54)50-20-16-38(25-48,17-21-50)29-10-5-6-12-31(29)55-27-13-15-37(3,23-27)26(2)52/h5-7,10-12,18,22,24,27,32H,4,8-9,13-17,19-21,23H2,1-3H3/t27-,32-,37+,39+/m1/s1. The third-order valence-electron chi connectivity index (χ3n) is 11.9. The maximum atomic E-state index is 15.1. The number of nitriles is 1. The first-order chi connectivity index (χ1) is 26.9. The molecule has 2 saturated heterocycles. The van der Waals surface area contributed by atoms with E-state index in [1.807, 2.05) is 13.0 Å². The number of pyridine rings is 1. The molecular weight excluding hydrogens is 775 g/mol. The summed E-state index contributed by atoms with van der Waals surface area (Å²) in [6, 6.07) is 11.0. The molecule has 3 aliphatic rings. The summed E-state index contributed by atoms with van der Waals surface area (Å²) in [5.41, 5.74) is -5.06. The van der Waals surface area contributed by atoms with Crippen LogP contribution >= 0.6 is 11.3 Å². The largest absolute Gasteiger partial charge is 0.490 e. The Hall–Kier alpha value is -4.65. The number of thiophene rings is 1. The van der Waals surface area contributed by atoms with Crippen LogP contribution in [0.2, 0.25) is 0 Å². The van der Waals surface area contributed by atoms with Crippen molar-refractivity contribution in [2.45, 2.75) is 114 Å². The minimum Gasteiger partial charge on any atom is -0.490 e. The van der Waals surface area contributed by atoms with Crippen LogP contribution in [0.5, 0.6) is 11.5 Å². The number of nitrogens with zero attached hydrogens (tertiary/aromatic N) is 4. The van der Waals surface area contributed by atoms with Gasteiger partial charge in [0.05, 0.1) is 29.2 Å². The van der Waals surface area contributed by atoms with Crippen LogP contribution < -0.4 is 9.47 Å². The molecule has 0 radical (unpaired) electrons. The van der Waals surface area contributed by atoms with Gasteiger partial charge >= 0.3 is 12.4 Å². The van der Waals surface area contributed by atoms with E-state index in [1.54, 1.807) is 32.0 Å². The van der Waals surface area contributed by atoms with E-state index < -0.39 is 62.8 Å². The molecule has 9 nitrogen and oxygen atoms in total. The van der Waals surface area contributed by atoms with Crippen LogP contribution in [0.4, 0.5) is 26.3 Å². The maximum absolute atomic E-state index is 15.1. The van der Waals surface area contributed by atoms with Crippen molar-refractivity contribution in [1.82, 2.24) is 14.8 Å². The first-order valence-electron chi connectivity index (χ1n) is 19.0. The molecule has 4 atom stereocenters. The van der Waals surface area contributed by atoms with Crippen molar-refractivity contribution >= 4 is 28.9 Å². The summed E-state index contributed by atoms with van der Waals surface area (Å²) in [6.45, 7) is 5.26. The predicted octanol–water partition coefficient (Wildman–Crippen LogP) is 9.01. The van der Waals surface area contributed by atoms with Crippen molar-refractivity contribution in [3.8, 4) is 17.6 Å². The van der Waals surface area contributed by atoms with Crippen molar-refractivity contribution in [2.24, 2.45) is 5.41 Å². The highest BCUT2D eigenvalue weighted by Crippen LogP contribution is 2.46. The number of benzene rings is 1. The maximum Gasteiger partial charge on any atom is 0.425 e. The summed E-state index contributed by atoms with van der Waals surface area (Å²) in [6.07, 6.45) is -6.14. The molecule has 16 heteroatoms. The first kappa shape index (κ1) is 42.0. The molecule has 4 heterocycles. The van der Waals surface area contributed by atoms with E-state index >= 15 is 4.79 Å². The fourth-order valence-electron chi connectivity index (χ4n) is 8.63. The van der Waals surface area contributed by atoms with E-state index in [2.05, 4.69) is 11.1 Å². The molecule has 0 bridgehead atoms. The molecule has 1 aliphatic carbocycles. The number of Topliss-reactive ketones (excluding diaryl/α,β-unsaturated/α-hetero) is 1. The van der Waals surface area contributed by atoms with Crippen LogP contribution in [0.25, 0.3) is 0 Å². The van der Waals surface area contributed by atoms with E-state index in [-0.39, 0.29) is 69.4 Å². The lowest BCUT2D eigenvalue weighted by molar-refractivity contribution is -0.160. The fraction of sp³-hybridized carbons (Fsp3) is 0.537. The molecule has 3 fully saturated rings. The number of hydrogen-bond acceptors (Lipinski definition) is 8. The minimum absolute atomic E-state index is 0.0281. The smallest absolute Gasteiger partial charge is 0.425 e. The van der Waals surface area contributed by atoms with Gasteiger partial charge in [-0.3, -0.25) is 19.4 Å². The Balaban J connectivity index is 1.33. The topological polar surface area (TPSA) is 113 Å². The van der Waals surface area contributed by atoms with Gasteiger partial charge in [-0.1, -0.05) is 38.5 Å². The number of likely N-dealkylation sites (tertiary alicyclic amines) is 2. The molecule has 2 amide bonds. The number of hydrogen-bond donors (Lipinski definition) is 0. The number of para-hydroxylation sites is 1. The number of ketones is 1. The van der Waals surface area contributed by atoms with Gasteiger partial charge in [-0.15, -0.1) is 11.3 Å². The summed E-state index contributed by atoms with van der Waals surface area (Å²) in [5, 5.41) is 11.8. The van der Waals surface area contributed by atoms with E-state index in [1.165, 1.54) is 4.90 Å². The number of rotatable bonds is 10. The van der Waals surface area contributed by atoms with Crippen LogP contribution in [0, 0.1) is 16.7 Å². The van der Waals surface area contributed by atoms with Crippen LogP contribution in [0.1, 0.15) is 105 Å². The molecule has 2 aromatic heterocycles. The van der Waals surface area contributed by atoms with Crippen LogP contribution in [-0.4, -0.2) is 69.8 Å². The highest BCUT2D eigenvalue weighted by Gasteiger charge is 2.57. The molecular formula is C41H44F6N4O5S. The molecule has 0 spiro atoms. The monoisotopic (exact) mass is 818 g/mol. The van der Waals surface area contributed by atoms with Gasteiger partial charge in [0.2, 0.25) is 5.60 Å². The number of amides is 2. The summed E-state index contributed by atoms with van der Waals surface area (Å²) >= 11 is 0.373. The number of alkyl halides is 6. The molecule has 2 aliphatic heterocycles. The van der Waals surface area contributed by atoms with E-state index in [9.17, 15) is 41.2 Å². The van der Waals surface area contributed by atoms with Crippen LogP contribution in [0.3, 0.4) is 0 Å². The van der Waals surface area contributed by atoms with Crippen molar-refractivity contribution in [3.05, 3.63) is 75.7 Å². The summed E-state index contributed by atoms with van der Waals surface area (Å²) in [4.78, 5) is 46.9. The van der Waals surface area contributed by atoms with Gasteiger partial charge in [-0.2, -0.15) is 31.6 Å². The normalized spacial score (nSPS) is 25.1. The summed E-state index contributed by atoms with van der Waals surface area (Å²) in [7, 11) is 0. The fourth-order valence-corrected chi connectivity index (χ4v) is 9.30. The lowest BCUT2D eigenvalue weighted by atomic mass is 9.72. The zero-order chi connectivity index (χ0) is 41.4. The number of piperidine rings is 2. The molecule has 0 unspecified atom stereocenters. The van der Waals surface area contributed by atoms with Gasteiger partial charge < -0.3 is 19.3 Å². The Morgan fingerprint density at radius 1 is 1.00 bits per heavy atom. The lowest BCUT2D eigenvalue weighted by Gasteiger charge is -2.51. The molecule has 306 valence electrons. The average Bonchev–Trinajstić information content (AvgIpc) is 3.82. The second-order valence-electron chi connectivity index (χ2n) is 15.5. The molecule has 6 rings (SSSR count). The molecule has 0 N–H and O–H groups in total. The Morgan fingerprint density at radius 3 is 2.33 bits per heavy atom. The molecule has 57 heavy (non-hydrogen) atoms. The van der Waals surface area contributed by atoms with Gasteiger partial charge in [0.25, 0.3) is 11.8 Å². The Morgan fingerprint density at radius 2 is 1.72 bits per heavy atom. The van der Waals surface area contributed by atoms with Crippen LogP contribution in [0.15, 0.2) is 54.0 Å². The van der Waals surface area contributed by atoms with Crippen molar-refractivity contribution in [1.29, 1.82) is 5.26 Å². The highest BCUT2D eigenvalue weighted by molar-refractivity contribution is 7.10. The quantitative estimate of drug-likeness (QED) is 0.188. The molecule has 3 aromatic rings. The average molecular weight is 819 g/mol. The van der Waals surface area contributed by atoms with Gasteiger partial charge in [0.15, 0.2) is 0 Å². The SMILES string of the molecule is CCC[C@H]1N(C(=O)c2ncccc2C(F)(F)F)CCC[C@@]1(Oc1csc(C(F)(F)F)c1)C(=O)N1CCC(C#N)(c2ccccc2O[C@@H]2CC[C@](C)(C(C)=O)C2)CC1. The number of carbonyl (C=O) groups excluding carboxylic acids is 3. The zero-order valence-electron chi connectivity index (χ0n) is 31.8. The van der Waals surface area contributed by atoms with E-state index in [0.717, 1.165) is 34.7 Å². The Bertz CT molecular complexity index is 2020. The van der Waals surface area contributed by atoms with Gasteiger partial charge in [-0.25, -0.2) is 0 Å². The Labute approximate surface area is 330 Å². The summed E-state index contributed by atoms with van der Waals surface area (Å²) in [5.74, 6) is -1.38. The van der Waals surface area contributed by atoms with Crippen molar-refractivity contribution < 1.29 is 50.2 Å². The highest BCUT2D eigenvalue weighted by atomic mass is 32.1. The van der Waals surface area contributed by atoms with Crippen LogP contribution in [-0.2, 0) is 27.4 Å². The zero-order valence-corrected chi connectivity index (χ0v) is 32.7. The second kappa shape index (κ2) is 15.9. The predicted molar refractivity (Wildman–Crippen MR) is 197 cm³/mol. The van der Waals surface area contributed by atoms with Gasteiger partial charge in [0.1, 0.15) is 27.9 Å². The number of carbonyl (C=O) groups is 3. The van der Waals surface area contributed by atoms with Gasteiger partial charge in [0, 0.05) is 54.7 Å². The second-order valence-corrected chi connectivity index (χ2v) is 16.4. The third kappa shape index (κ3) is 8.22. The third-order valence-corrected chi connectivity index (χ3v) is 12.8. The molecule has 1 aromatic carbocycles.